The van der Waals surface area contributed by atoms with E-state index in [0.717, 1.165) is 88.5 Å². The van der Waals surface area contributed by atoms with Crippen molar-refractivity contribution in [2.75, 3.05) is 41.3 Å². The third-order valence-electron chi connectivity index (χ3n) is 11.2. The second kappa shape index (κ2) is 18.6. The Labute approximate surface area is 341 Å². The highest BCUT2D eigenvalue weighted by molar-refractivity contribution is 7.90. The first-order valence-corrected chi connectivity index (χ1v) is 23.0. The van der Waals surface area contributed by atoms with Crippen LogP contribution in [-0.4, -0.2) is 99.5 Å². The van der Waals surface area contributed by atoms with Crippen molar-refractivity contribution in [3.8, 4) is 0 Å². The summed E-state index contributed by atoms with van der Waals surface area (Å²) >= 11 is 0. The molecule has 0 fully saturated rings. The second-order valence-electron chi connectivity index (χ2n) is 16.0. The number of primary sulfonamides is 1. The Bertz CT molecular complexity index is 2350. The highest BCUT2D eigenvalue weighted by atomic mass is 32.2. The van der Waals surface area contributed by atoms with Gasteiger partial charge in [-0.25, -0.2) is 31.5 Å². The van der Waals surface area contributed by atoms with Gasteiger partial charge < -0.3 is 9.80 Å². The predicted molar refractivity (Wildman–Crippen MR) is 221 cm³/mol. The van der Waals surface area contributed by atoms with Crippen molar-refractivity contribution in [3.05, 3.63) is 87.0 Å². The number of likely N-dealkylation sites (N-methyl/N-ethyl adjacent to an activating group) is 2. The van der Waals surface area contributed by atoms with E-state index in [0.29, 0.717) is 13.1 Å². The summed E-state index contributed by atoms with van der Waals surface area (Å²) in [6.45, 7) is 2.77. The zero-order valence-corrected chi connectivity index (χ0v) is 35.6. The number of nitrogens with zero attached hydrogens (tertiary/aromatic N) is 7. The predicted octanol–water partition coefficient (Wildman–Crippen LogP) is 3.19. The topological polar surface area (TPSA) is 195 Å². The van der Waals surface area contributed by atoms with Crippen molar-refractivity contribution < 1.29 is 26.4 Å². The molecule has 15 nitrogen and oxygen atoms in total. The van der Waals surface area contributed by atoms with Crippen LogP contribution in [0.1, 0.15) is 75.8 Å². The lowest BCUT2D eigenvalue weighted by Crippen LogP contribution is -2.32. The van der Waals surface area contributed by atoms with E-state index in [1.807, 2.05) is 38.0 Å². The smallest absolute Gasteiger partial charge is 0.267 e. The number of nitrogens with two attached hydrogens (primary N) is 1. The Balaban J connectivity index is 0.000000164. The molecule has 3 N–H and O–H groups in total. The number of sulfonamides is 2. The van der Waals surface area contributed by atoms with Gasteiger partial charge in [0.25, 0.3) is 10.0 Å². The van der Waals surface area contributed by atoms with Crippen LogP contribution in [0, 0.1) is 0 Å². The minimum atomic E-state index is -3.92. The van der Waals surface area contributed by atoms with Gasteiger partial charge in [0.2, 0.25) is 22.0 Å². The SMILES string of the molecule is CN(C)CCn1cc(S(=O)(=O)NC(=O)Cc2c3c(cc4c2CCC4)CCC3)cn1.CN(C)CCn1cc(S(N)(=O)=O)cn1.O=C=Nc1c2c(cc3c1CCC3)CCC2. The molecule has 0 unspecified atom stereocenters. The van der Waals surface area contributed by atoms with Crippen molar-refractivity contribution in [2.24, 2.45) is 10.1 Å². The third-order valence-corrected chi connectivity index (χ3v) is 13.4. The monoisotopic (exact) mass is 833 g/mol. The Morgan fingerprint density at radius 1 is 0.724 bits per heavy atom. The van der Waals surface area contributed by atoms with E-state index in [9.17, 15) is 26.4 Å². The first-order chi connectivity index (χ1) is 27.6. The minimum absolute atomic E-state index is 0.0214. The molecule has 0 bridgehead atoms. The van der Waals surface area contributed by atoms with E-state index in [-0.39, 0.29) is 16.2 Å². The van der Waals surface area contributed by atoms with E-state index in [1.165, 1.54) is 82.1 Å². The van der Waals surface area contributed by atoms with Gasteiger partial charge in [-0.3, -0.25) is 14.2 Å². The summed E-state index contributed by atoms with van der Waals surface area (Å²) in [6, 6.07) is 4.65. The second-order valence-corrected chi connectivity index (χ2v) is 19.2. The number of hydrogen-bond acceptors (Lipinski definition) is 11. The number of amides is 1. The minimum Gasteiger partial charge on any atom is -0.308 e. The van der Waals surface area contributed by atoms with Crippen molar-refractivity contribution in [1.29, 1.82) is 0 Å². The lowest BCUT2D eigenvalue weighted by molar-refractivity contribution is -0.118. The summed E-state index contributed by atoms with van der Waals surface area (Å²) in [6.07, 6.45) is 20.5. The highest BCUT2D eigenvalue weighted by Crippen LogP contribution is 2.40. The van der Waals surface area contributed by atoms with Crippen molar-refractivity contribution in [1.82, 2.24) is 34.1 Å². The van der Waals surface area contributed by atoms with Gasteiger partial charge in [-0.05, 0) is 155 Å². The van der Waals surface area contributed by atoms with Gasteiger partial charge in [-0.1, -0.05) is 12.1 Å². The van der Waals surface area contributed by atoms with E-state index in [4.69, 9.17) is 5.14 Å². The van der Waals surface area contributed by atoms with E-state index < -0.39 is 26.0 Å². The zero-order chi connectivity index (χ0) is 41.6. The summed E-state index contributed by atoms with van der Waals surface area (Å²) in [5, 5.41) is 12.9. The van der Waals surface area contributed by atoms with E-state index in [2.05, 4.69) is 32.0 Å². The average Bonchev–Trinajstić information content (AvgIpc) is 4.00. The van der Waals surface area contributed by atoms with Crippen LogP contribution in [-0.2, 0) is 101 Å². The normalized spacial score (nSPS) is 15.2. The maximum atomic E-state index is 12.7. The van der Waals surface area contributed by atoms with Gasteiger partial charge in [-0.15, -0.1) is 0 Å². The number of fused-ring (bicyclic) bond motifs is 4. The van der Waals surface area contributed by atoms with Crippen molar-refractivity contribution >= 4 is 37.7 Å². The number of isocyanates is 1. The Morgan fingerprint density at radius 2 is 1.16 bits per heavy atom. The molecule has 0 saturated heterocycles. The fraction of sp³-hybridized carbons (Fsp3) is 0.512. The van der Waals surface area contributed by atoms with Gasteiger partial charge >= 0.3 is 0 Å². The first kappa shape index (κ1) is 43.1. The molecule has 0 atom stereocenters. The number of nitrogens with one attached hydrogen (secondary N) is 1. The fourth-order valence-electron chi connectivity index (χ4n) is 8.34. The number of benzene rings is 2. The highest BCUT2D eigenvalue weighted by Gasteiger charge is 2.27. The molecule has 4 aromatic rings. The number of aliphatic imine (C=N–C) groups is 1. The maximum Gasteiger partial charge on any atom is 0.267 e. The van der Waals surface area contributed by atoms with Crippen LogP contribution in [0.3, 0.4) is 0 Å². The van der Waals surface area contributed by atoms with Crippen LogP contribution in [0.15, 0.2) is 51.7 Å². The third kappa shape index (κ3) is 10.6. The summed E-state index contributed by atoms with van der Waals surface area (Å²) in [5.41, 5.74) is 12.8. The number of carbonyl (C=O) groups excluding carboxylic acids is 2. The summed E-state index contributed by atoms with van der Waals surface area (Å²) in [7, 11) is 0.216. The van der Waals surface area contributed by atoms with Gasteiger partial charge in [0, 0.05) is 25.5 Å². The van der Waals surface area contributed by atoms with Gasteiger partial charge in [-0.2, -0.15) is 15.2 Å². The van der Waals surface area contributed by atoms with Gasteiger partial charge in [0.1, 0.15) is 9.79 Å². The Hall–Kier alpha value is -4.51. The molecule has 4 aliphatic rings. The summed E-state index contributed by atoms with van der Waals surface area (Å²) in [4.78, 5) is 31.2. The molecule has 312 valence electrons. The van der Waals surface area contributed by atoms with Gasteiger partial charge in [0.05, 0.1) is 37.6 Å². The van der Waals surface area contributed by atoms with Crippen LogP contribution in [0.2, 0.25) is 0 Å². The number of carbonyl (C=O) groups is 1. The quantitative estimate of drug-likeness (QED) is 0.158. The molecule has 1 amide bonds. The molecule has 2 heterocycles. The fourth-order valence-corrected chi connectivity index (χ4v) is 9.74. The number of rotatable bonds is 12. The molecule has 8 rings (SSSR count). The van der Waals surface area contributed by atoms with Crippen LogP contribution >= 0.6 is 0 Å². The molecule has 2 aromatic carbocycles. The molecule has 4 aliphatic carbocycles. The van der Waals surface area contributed by atoms with E-state index >= 15 is 0 Å². The maximum absolute atomic E-state index is 12.7. The van der Waals surface area contributed by atoms with Crippen LogP contribution in [0.4, 0.5) is 5.69 Å². The average molecular weight is 834 g/mol. The van der Waals surface area contributed by atoms with E-state index in [1.54, 1.807) is 15.4 Å². The Morgan fingerprint density at radius 3 is 1.59 bits per heavy atom. The molecule has 58 heavy (non-hydrogen) atoms. The molecule has 2 aromatic heterocycles. The standard InChI is InChI=1S/C21H28N4O3S.C13H13NO.C7H14N4O2S/c1-24(2)9-10-25-14-17(13-22-25)29(27,28)23-21(26)12-20-18-7-3-5-15(18)11-16-6-4-8-19(16)20;15-8-14-13-11-5-1-3-9(11)7-10-4-2-6-12(10)13;1-10(2)3-4-11-6-7(5-9-11)14(8,12)13/h11,13-14H,3-10,12H2,1-2H3,(H,23,26);7H,1-6H2;5-6H,3-4H2,1-2H3,(H2,8,12,13). The molecular formula is C41H55N9O6S2. The molecule has 0 aliphatic heterocycles. The lowest BCUT2D eigenvalue weighted by Gasteiger charge is -2.15. The summed E-state index contributed by atoms with van der Waals surface area (Å²) in [5.74, 6) is -0.472. The number of aromatic nitrogens is 4. The first-order valence-electron chi connectivity index (χ1n) is 20.0. The molecular weight excluding hydrogens is 779 g/mol. The molecule has 0 spiro atoms. The number of aryl methyl sites for hydroxylation is 4. The van der Waals surface area contributed by atoms with Gasteiger partial charge in [0.15, 0.2) is 0 Å². The van der Waals surface area contributed by atoms with Crippen molar-refractivity contribution in [3.63, 3.8) is 0 Å². The zero-order valence-electron chi connectivity index (χ0n) is 34.0. The van der Waals surface area contributed by atoms with Crippen molar-refractivity contribution in [2.45, 2.75) is 106 Å². The van der Waals surface area contributed by atoms with Crippen LogP contribution in [0.25, 0.3) is 0 Å². The number of hydrogen-bond donors (Lipinski definition) is 2. The van der Waals surface area contributed by atoms with Crippen LogP contribution in [0.5, 0.6) is 0 Å². The molecule has 0 radical (unpaired) electrons. The largest absolute Gasteiger partial charge is 0.308 e. The molecule has 17 heteroatoms. The Kier molecular flexibility index (Phi) is 13.8. The molecule has 0 saturated carbocycles. The van der Waals surface area contributed by atoms with Crippen LogP contribution < -0.4 is 9.86 Å². The summed E-state index contributed by atoms with van der Waals surface area (Å²) < 4.78 is 52.5. The lowest BCUT2D eigenvalue weighted by atomic mass is 9.92.